The van der Waals surface area contributed by atoms with Crippen LogP contribution in [0.25, 0.3) is 0 Å². The van der Waals surface area contributed by atoms with Crippen LogP contribution in [-0.4, -0.2) is 46.2 Å². The first-order valence-electron chi connectivity index (χ1n) is 10.3. The van der Waals surface area contributed by atoms with E-state index in [1.165, 1.54) is 16.4 Å². The van der Waals surface area contributed by atoms with Crippen molar-refractivity contribution in [2.45, 2.75) is 32.4 Å². The van der Waals surface area contributed by atoms with Crippen molar-refractivity contribution in [3.8, 4) is 5.75 Å². The minimum atomic E-state index is -1.08. The Kier molecular flexibility index (Phi) is 5.70. The molecule has 1 fully saturated rings. The largest absolute Gasteiger partial charge is 0.503 e. The summed E-state index contributed by atoms with van der Waals surface area (Å²) in [5.41, 5.74) is -1.86. The molecule has 7 nitrogen and oxygen atoms in total. The van der Waals surface area contributed by atoms with Crippen molar-refractivity contribution in [3.63, 3.8) is 0 Å². The Labute approximate surface area is 181 Å². The van der Waals surface area contributed by atoms with E-state index in [0.29, 0.717) is 24.9 Å². The van der Waals surface area contributed by atoms with Crippen molar-refractivity contribution in [3.05, 3.63) is 62.6 Å². The monoisotopic (exact) mass is 449 g/mol. The predicted octanol–water partition coefficient (Wildman–Crippen LogP) is 2.45. The molecule has 0 saturated carbocycles. The summed E-state index contributed by atoms with van der Waals surface area (Å²) in [4.78, 5) is 39.6. The molecule has 1 aromatic carbocycles. The molecule has 2 atom stereocenters. The summed E-state index contributed by atoms with van der Waals surface area (Å²) in [6, 6.07) is 1.68. The molecule has 10 heteroatoms. The maximum Gasteiger partial charge on any atom is 0.274 e. The van der Waals surface area contributed by atoms with Crippen LogP contribution < -0.4 is 10.7 Å². The Morgan fingerprint density at radius 1 is 1.25 bits per heavy atom. The summed E-state index contributed by atoms with van der Waals surface area (Å²) in [5.74, 6) is -4.58. The maximum absolute atomic E-state index is 14.1. The summed E-state index contributed by atoms with van der Waals surface area (Å²) >= 11 is 0. The molecule has 2 N–H and O–H groups in total. The van der Waals surface area contributed by atoms with Gasteiger partial charge in [0.25, 0.3) is 11.8 Å². The van der Waals surface area contributed by atoms with Gasteiger partial charge in [0.15, 0.2) is 11.4 Å². The zero-order valence-corrected chi connectivity index (χ0v) is 17.3. The minimum absolute atomic E-state index is 0.198. The van der Waals surface area contributed by atoms with Crippen LogP contribution in [0.2, 0.25) is 0 Å². The smallest absolute Gasteiger partial charge is 0.274 e. The molecule has 2 aromatic rings. The van der Waals surface area contributed by atoms with Crippen LogP contribution in [0.5, 0.6) is 5.75 Å². The second kappa shape index (κ2) is 8.33. The number of aromatic nitrogens is 1. The second-order valence-corrected chi connectivity index (χ2v) is 8.24. The third kappa shape index (κ3) is 3.63. The van der Waals surface area contributed by atoms with E-state index in [4.69, 9.17) is 0 Å². The average molecular weight is 449 g/mol. The van der Waals surface area contributed by atoms with E-state index in [1.54, 1.807) is 0 Å². The predicted molar refractivity (Wildman–Crippen MR) is 108 cm³/mol. The number of halogens is 3. The molecule has 170 valence electrons. The van der Waals surface area contributed by atoms with Crippen molar-refractivity contribution in [1.82, 2.24) is 14.8 Å². The Balaban J connectivity index is 1.70. The van der Waals surface area contributed by atoms with Crippen LogP contribution in [0, 0.1) is 24.5 Å². The first-order valence-corrected chi connectivity index (χ1v) is 10.3. The normalized spacial score (nSPS) is 20.0. The maximum atomic E-state index is 14.1. The molecular weight excluding hydrogens is 427 g/mol. The van der Waals surface area contributed by atoms with E-state index in [1.807, 2.05) is 0 Å². The van der Waals surface area contributed by atoms with E-state index in [2.05, 4.69) is 5.32 Å². The first-order chi connectivity index (χ1) is 15.2. The zero-order chi connectivity index (χ0) is 23.2. The number of benzene rings is 1. The third-order valence-corrected chi connectivity index (χ3v) is 6.17. The zero-order valence-electron chi connectivity index (χ0n) is 17.3. The molecule has 2 bridgehead atoms. The Morgan fingerprint density at radius 2 is 1.94 bits per heavy atom. The number of hydrogen-bond donors (Lipinski definition) is 2. The fraction of sp³-hybridized carbons (Fsp3) is 0.409. The van der Waals surface area contributed by atoms with Crippen LogP contribution in [0.15, 0.2) is 23.1 Å². The number of hydrogen-bond acceptors (Lipinski definition) is 4. The van der Waals surface area contributed by atoms with Gasteiger partial charge in [-0.25, -0.2) is 8.78 Å². The molecule has 4 rings (SSSR count). The van der Waals surface area contributed by atoms with Crippen molar-refractivity contribution in [2.75, 3.05) is 19.8 Å². The molecule has 32 heavy (non-hydrogen) atoms. The highest BCUT2D eigenvalue weighted by Crippen LogP contribution is 2.35. The summed E-state index contributed by atoms with van der Waals surface area (Å²) in [5, 5.41) is 12.8. The van der Waals surface area contributed by atoms with Crippen LogP contribution in [0.3, 0.4) is 0 Å². The number of carbonyl (C=O) groups is 2. The lowest BCUT2D eigenvalue weighted by Crippen LogP contribution is -2.46. The standard InChI is InChI=1S/C22H22F3N3O4/c1-11-5-15(24)13(16(25)6-11)8-26-21(31)14-9-28-17-10-27(4-2-3-12(17)7-23)22(32)18(28)20(30)19(14)29/h5-6,9,12,17,30H,2-4,7-8,10H2,1H3,(H,26,31)/t12-,17-/m1/s1. The number of nitrogens with one attached hydrogen (secondary N) is 1. The van der Waals surface area contributed by atoms with Gasteiger partial charge < -0.3 is 19.9 Å². The first kappa shape index (κ1) is 21.9. The highest BCUT2D eigenvalue weighted by atomic mass is 19.1. The molecule has 2 amide bonds. The van der Waals surface area contributed by atoms with E-state index in [9.17, 15) is 32.7 Å². The van der Waals surface area contributed by atoms with E-state index >= 15 is 0 Å². The van der Waals surface area contributed by atoms with Crippen LogP contribution >= 0.6 is 0 Å². The lowest BCUT2D eigenvalue weighted by Gasteiger charge is -2.36. The minimum Gasteiger partial charge on any atom is -0.503 e. The summed E-state index contributed by atoms with van der Waals surface area (Å²) in [7, 11) is 0. The van der Waals surface area contributed by atoms with Crippen molar-refractivity contribution in [2.24, 2.45) is 5.92 Å². The number of carbonyl (C=O) groups excluding carboxylic acids is 2. The molecule has 1 saturated heterocycles. The van der Waals surface area contributed by atoms with Gasteiger partial charge in [-0.15, -0.1) is 0 Å². The van der Waals surface area contributed by atoms with Crippen LogP contribution in [-0.2, 0) is 6.54 Å². The Morgan fingerprint density at radius 3 is 2.59 bits per heavy atom. The number of amides is 2. The molecular formula is C22H22F3N3O4. The number of aromatic hydroxyl groups is 1. The van der Waals surface area contributed by atoms with Gasteiger partial charge >= 0.3 is 0 Å². The lowest BCUT2D eigenvalue weighted by molar-refractivity contribution is 0.0651. The highest BCUT2D eigenvalue weighted by molar-refractivity contribution is 5.99. The number of nitrogens with zero attached hydrogens (tertiary/aromatic N) is 2. The quantitative estimate of drug-likeness (QED) is 0.750. The van der Waals surface area contributed by atoms with Crippen molar-refractivity contribution < 1.29 is 27.9 Å². The molecule has 2 aliphatic rings. The number of pyridine rings is 1. The van der Waals surface area contributed by atoms with Gasteiger partial charge in [0.1, 0.15) is 17.2 Å². The van der Waals surface area contributed by atoms with Crippen molar-refractivity contribution >= 4 is 11.8 Å². The van der Waals surface area contributed by atoms with Gasteiger partial charge in [-0.05, 0) is 37.5 Å². The molecule has 0 radical (unpaired) electrons. The van der Waals surface area contributed by atoms with E-state index in [0.717, 1.165) is 18.3 Å². The van der Waals surface area contributed by atoms with Gasteiger partial charge in [-0.3, -0.25) is 18.8 Å². The molecule has 0 spiro atoms. The molecule has 0 unspecified atom stereocenters. The molecule has 1 aromatic heterocycles. The van der Waals surface area contributed by atoms with Crippen molar-refractivity contribution in [1.29, 1.82) is 0 Å². The fourth-order valence-corrected chi connectivity index (χ4v) is 4.45. The molecule has 3 heterocycles. The summed E-state index contributed by atoms with van der Waals surface area (Å²) in [6.07, 6.45) is 2.21. The second-order valence-electron chi connectivity index (χ2n) is 8.24. The van der Waals surface area contributed by atoms with E-state index in [-0.39, 0.29) is 17.8 Å². The lowest BCUT2D eigenvalue weighted by atomic mass is 9.95. The molecule has 0 aliphatic carbocycles. The van der Waals surface area contributed by atoms with Crippen LogP contribution in [0.1, 0.15) is 50.9 Å². The van der Waals surface area contributed by atoms with Gasteiger partial charge in [-0.2, -0.15) is 0 Å². The highest BCUT2D eigenvalue weighted by Gasteiger charge is 2.40. The number of rotatable bonds is 4. The third-order valence-electron chi connectivity index (χ3n) is 6.17. The van der Waals surface area contributed by atoms with Gasteiger partial charge in [0.2, 0.25) is 5.43 Å². The molecule has 2 aliphatic heterocycles. The Bertz CT molecular complexity index is 1140. The number of alkyl halides is 1. The summed E-state index contributed by atoms with van der Waals surface area (Å²) < 4.78 is 43.1. The Hall–Kier alpha value is -3.30. The topological polar surface area (TPSA) is 91.6 Å². The summed E-state index contributed by atoms with van der Waals surface area (Å²) in [6.45, 7) is 0.916. The van der Waals surface area contributed by atoms with Gasteiger partial charge in [0.05, 0.1) is 12.7 Å². The average Bonchev–Trinajstić information content (AvgIpc) is 2.93. The fourth-order valence-electron chi connectivity index (χ4n) is 4.45. The SMILES string of the molecule is Cc1cc(F)c(CNC(=O)c2cn3c(c(O)c2=O)C(=O)N2CCC[C@H](CF)[C@H]3C2)c(F)c1. The van der Waals surface area contributed by atoms with E-state index < -0.39 is 65.4 Å². The number of fused-ring (bicyclic) bond motifs is 4. The van der Waals surface area contributed by atoms with Gasteiger partial charge in [0, 0.05) is 37.3 Å². The number of aryl methyl sites for hydroxylation is 1. The van der Waals surface area contributed by atoms with Gasteiger partial charge in [-0.1, -0.05) is 0 Å². The van der Waals surface area contributed by atoms with Crippen LogP contribution in [0.4, 0.5) is 13.2 Å².